The van der Waals surface area contributed by atoms with Gasteiger partial charge in [-0.3, -0.25) is 4.98 Å². The number of hydrogen-bond acceptors (Lipinski definition) is 4. The molecule has 0 unspecified atom stereocenters. The fourth-order valence-electron chi connectivity index (χ4n) is 1.76. The lowest BCUT2D eigenvalue weighted by Gasteiger charge is -2.32. The number of nitriles is 1. The van der Waals surface area contributed by atoms with Crippen LogP contribution < -0.4 is 5.46 Å². The Kier molecular flexibility index (Phi) is 3.48. The van der Waals surface area contributed by atoms with Gasteiger partial charge in [0.25, 0.3) is 0 Å². The van der Waals surface area contributed by atoms with Gasteiger partial charge in [-0.2, -0.15) is 5.26 Å². The van der Waals surface area contributed by atoms with Gasteiger partial charge < -0.3 is 9.31 Å². The third-order valence-corrected chi connectivity index (χ3v) is 3.66. The summed E-state index contributed by atoms with van der Waals surface area (Å²) in [6.45, 7) is 8.07. The highest BCUT2D eigenvalue weighted by Crippen LogP contribution is 2.36. The number of allylic oxidation sites excluding steroid dienone is 1. The highest BCUT2D eigenvalue weighted by atomic mass is 16.7. The van der Waals surface area contributed by atoms with Gasteiger partial charge in [-0.15, -0.1) is 0 Å². The standard InChI is InChI=1S/C14H17BN2O2/c1-13(2)14(3,4)19-15(18-13)11-7-8-12(17-10-11)6-5-9-16/h5-8,10H,1-4H3. The average molecular weight is 256 g/mol. The van der Waals surface area contributed by atoms with Crippen LogP contribution in [-0.2, 0) is 9.31 Å². The summed E-state index contributed by atoms with van der Waals surface area (Å²) in [5, 5.41) is 8.47. The van der Waals surface area contributed by atoms with Gasteiger partial charge in [-0.05, 0) is 39.8 Å². The van der Waals surface area contributed by atoms with Crippen LogP contribution in [0.3, 0.4) is 0 Å². The van der Waals surface area contributed by atoms with E-state index in [2.05, 4.69) is 4.98 Å². The van der Waals surface area contributed by atoms with Gasteiger partial charge in [-0.25, -0.2) is 0 Å². The van der Waals surface area contributed by atoms with Crippen molar-refractivity contribution >= 4 is 18.7 Å². The van der Waals surface area contributed by atoms with E-state index in [1.54, 1.807) is 12.3 Å². The van der Waals surface area contributed by atoms with Crippen molar-refractivity contribution in [2.45, 2.75) is 38.9 Å². The highest BCUT2D eigenvalue weighted by Gasteiger charge is 2.51. The Balaban J connectivity index is 2.17. The first-order valence-electron chi connectivity index (χ1n) is 6.23. The number of rotatable bonds is 2. The zero-order chi connectivity index (χ0) is 14.1. The Morgan fingerprint density at radius 1 is 1.21 bits per heavy atom. The molecule has 1 aromatic rings. The Morgan fingerprint density at radius 2 is 1.84 bits per heavy atom. The summed E-state index contributed by atoms with van der Waals surface area (Å²) in [7, 11) is -0.397. The first-order chi connectivity index (χ1) is 8.86. The summed E-state index contributed by atoms with van der Waals surface area (Å²) >= 11 is 0. The van der Waals surface area contributed by atoms with Gasteiger partial charge in [0.1, 0.15) is 0 Å². The van der Waals surface area contributed by atoms with Crippen LogP contribution in [0.4, 0.5) is 0 Å². The molecule has 0 atom stereocenters. The van der Waals surface area contributed by atoms with Gasteiger partial charge >= 0.3 is 7.12 Å². The lowest BCUT2D eigenvalue weighted by Crippen LogP contribution is -2.41. The largest absolute Gasteiger partial charge is 0.496 e. The molecule has 2 heterocycles. The molecule has 98 valence electrons. The molecule has 0 aromatic carbocycles. The van der Waals surface area contributed by atoms with Crippen LogP contribution in [0.1, 0.15) is 33.4 Å². The van der Waals surface area contributed by atoms with Gasteiger partial charge in [-0.1, -0.05) is 6.07 Å². The molecule has 0 aliphatic carbocycles. The Hall–Kier alpha value is -1.64. The lowest BCUT2D eigenvalue weighted by molar-refractivity contribution is 0.00578. The van der Waals surface area contributed by atoms with Gasteiger partial charge in [0.2, 0.25) is 0 Å². The molecule has 4 nitrogen and oxygen atoms in total. The summed E-state index contributed by atoms with van der Waals surface area (Å²) in [6, 6.07) is 5.69. The van der Waals surface area contributed by atoms with Crippen molar-refractivity contribution < 1.29 is 9.31 Å². The summed E-state index contributed by atoms with van der Waals surface area (Å²) in [5.74, 6) is 0. The molecule has 0 N–H and O–H groups in total. The molecular weight excluding hydrogens is 239 g/mol. The van der Waals surface area contributed by atoms with E-state index >= 15 is 0 Å². The molecule has 0 radical (unpaired) electrons. The van der Waals surface area contributed by atoms with Crippen molar-refractivity contribution in [2.75, 3.05) is 0 Å². The minimum Gasteiger partial charge on any atom is -0.399 e. The molecule has 1 saturated heterocycles. The predicted molar refractivity (Wildman–Crippen MR) is 74.6 cm³/mol. The van der Waals surface area contributed by atoms with Crippen molar-refractivity contribution in [1.29, 1.82) is 5.26 Å². The number of pyridine rings is 1. The molecule has 1 aliphatic rings. The first-order valence-corrected chi connectivity index (χ1v) is 6.23. The normalized spacial score (nSPS) is 20.7. The molecule has 1 fully saturated rings. The topological polar surface area (TPSA) is 55.1 Å². The minimum atomic E-state index is -0.397. The first kappa shape index (κ1) is 13.8. The quantitative estimate of drug-likeness (QED) is 0.599. The molecule has 0 bridgehead atoms. The van der Waals surface area contributed by atoms with E-state index in [9.17, 15) is 0 Å². The summed E-state index contributed by atoms with van der Waals surface area (Å²) in [5.41, 5.74) is 0.920. The number of nitrogens with zero attached hydrogens (tertiary/aromatic N) is 2. The van der Waals surface area contributed by atoms with E-state index in [4.69, 9.17) is 14.6 Å². The summed E-state index contributed by atoms with van der Waals surface area (Å²) < 4.78 is 11.9. The van der Waals surface area contributed by atoms with Gasteiger partial charge in [0.05, 0.1) is 23.0 Å². The van der Waals surface area contributed by atoms with Crippen molar-refractivity contribution in [3.63, 3.8) is 0 Å². The van der Waals surface area contributed by atoms with Gasteiger partial charge in [0.15, 0.2) is 0 Å². The van der Waals surface area contributed by atoms with Crippen LogP contribution in [-0.4, -0.2) is 23.3 Å². The fraction of sp³-hybridized carbons (Fsp3) is 0.429. The second kappa shape index (κ2) is 4.80. The van der Waals surface area contributed by atoms with Crippen LogP contribution in [0.15, 0.2) is 24.4 Å². The second-order valence-corrected chi connectivity index (χ2v) is 5.57. The van der Waals surface area contributed by atoms with Crippen molar-refractivity contribution in [1.82, 2.24) is 4.98 Å². The monoisotopic (exact) mass is 256 g/mol. The van der Waals surface area contributed by atoms with E-state index in [1.165, 1.54) is 6.08 Å². The Labute approximate surface area is 114 Å². The molecule has 1 aromatic heterocycles. The molecule has 0 amide bonds. The SMILES string of the molecule is CC1(C)OB(c2ccc(C=CC#N)nc2)OC1(C)C. The molecule has 2 rings (SSSR count). The van der Waals surface area contributed by atoms with E-state index in [0.717, 1.165) is 11.2 Å². The minimum absolute atomic E-state index is 0.350. The third kappa shape index (κ3) is 2.70. The maximum absolute atomic E-state index is 8.47. The highest BCUT2D eigenvalue weighted by molar-refractivity contribution is 6.62. The maximum atomic E-state index is 8.47. The van der Waals surface area contributed by atoms with E-state index in [-0.39, 0.29) is 11.2 Å². The number of hydrogen-bond donors (Lipinski definition) is 0. The third-order valence-electron chi connectivity index (χ3n) is 3.66. The molecule has 0 spiro atoms. The van der Waals surface area contributed by atoms with Crippen LogP contribution in [0, 0.1) is 11.3 Å². The molecule has 19 heavy (non-hydrogen) atoms. The molecule has 1 aliphatic heterocycles. The zero-order valence-electron chi connectivity index (χ0n) is 11.7. The van der Waals surface area contributed by atoms with Crippen molar-refractivity contribution in [2.24, 2.45) is 0 Å². The number of aromatic nitrogens is 1. The van der Waals surface area contributed by atoms with Crippen LogP contribution in [0.25, 0.3) is 6.08 Å². The van der Waals surface area contributed by atoms with E-state index in [0.29, 0.717) is 0 Å². The van der Waals surface area contributed by atoms with E-state index in [1.807, 2.05) is 45.9 Å². The fourth-order valence-corrected chi connectivity index (χ4v) is 1.76. The maximum Gasteiger partial charge on any atom is 0.496 e. The van der Waals surface area contributed by atoms with Crippen LogP contribution in [0.2, 0.25) is 0 Å². The van der Waals surface area contributed by atoms with Gasteiger partial charge in [0, 0.05) is 17.7 Å². The predicted octanol–water partition coefficient (Wildman–Crippen LogP) is 1.92. The van der Waals surface area contributed by atoms with Crippen LogP contribution in [0.5, 0.6) is 0 Å². The van der Waals surface area contributed by atoms with Crippen molar-refractivity contribution in [3.8, 4) is 6.07 Å². The molecule has 0 saturated carbocycles. The van der Waals surface area contributed by atoms with Crippen molar-refractivity contribution in [3.05, 3.63) is 30.1 Å². The smallest absolute Gasteiger partial charge is 0.399 e. The second-order valence-electron chi connectivity index (χ2n) is 5.57. The average Bonchev–Trinajstić information content (AvgIpc) is 2.56. The molecule has 5 heteroatoms. The summed E-state index contributed by atoms with van der Waals surface area (Å²) in [6.07, 6.45) is 4.78. The molecular formula is C14H17BN2O2. The van der Waals surface area contributed by atoms with Crippen LogP contribution >= 0.6 is 0 Å². The Morgan fingerprint density at radius 3 is 2.32 bits per heavy atom. The summed E-state index contributed by atoms with van der Waals surface area (Å²) in [4.78, 5) is 4.26. The van der Waals surface area contributed by atoms with E-state index < -0.39 is 7.12 Å². The zero-order valence-corrected chi connectivity index (χ0v) is 11.7. The Bertz CT molecular complexity index is 513. The lowest BCUT2D eigenvalue weighted by atomic mass is 9.80.